The number of nitrogens with zero attached hydrogens (tertiary/aromatic N) is 2. The summed E-state index contributed by atoms with van der Waals surface area (Å²) >= 11 is 0. The minimum Gasteiger partial charge on any atom is -0.376 e. The first-order valence-electron chi connectivity index (χ1n) is 6.16. The molecule has 4 nitrogen and oxygen atoms in total. The molecule has 4 heteroatoms. The predicted octanol–water partition coefficient (Wildman–Crippen LogP) is 1.72. The summed E-state index contributed by atoms with van der Waals surface area (Å²) < 4.78 is 7.74. The Morgan fingerprint density at radius 2 is 2.31 bits per heavy atom. The number of rotatable bonds is 6. The van der Waals surface area contributed by atoms with Gasteiger partial charge in [-0.1, -0.05) is 0 Å². The molecule has 90 valence electrons. The van der Waals surface area contributed by atoms with Crippen molar-refractivity contribution in [2.24, 2.45) is 11.7 Å². The fraction of sp³-hybridized carbons (Fsp3) is 0.750. The van der Waals surface area contributed by atoms with Crippen LogP contribution in [0.15, 0.2) is 12.3 Å². The van der Waals surface area contributed by atoms with E-state index in [4.69, 9.17) is 10.5 Å². The van der Waals surface area contributed by atoms with Gasteiger partial charge in [-0.25, -0.2) is 0 Å². The van der Waals surface area contributed by atoms with Crippen molar-refractivity contribution < 1.29 is 4.74 Å². The second-order valence-electron chi connectivity index (χ2n) is 4.36. The zero-order chi connectivity index (χ0) is 11.5. The third kappa shape index (κ3) is 2.28. The van der Waals surface area contributed by atoms with Crippen LogP contribution in [0.4, 0.5) is 0 Å². The molecule has 1 aromatic rings. The van der Waals surface area contributed by atoms with Gasteiger partial charge in [-0.15, -0.1) is 0 Å². The van der Waals surface area contributed by atoms with Crippen LogP contribution in [0.2, 0.25) is 0 Å². The maximum atomic E-state index is 6.30. The SMILES string of the molecule is CCOC(C1CC1)C(N)c1ccnn1CC. The fourth-order valence-corrected chi connectivity index (χ4v) is 2.21. The van der Waals surface area contributed by atoms with Crippen molar-refractivity contribution in [2.45, 2.75) is 45.4 Å². The zero-order valence-corrected chi connectivity index (χ0v) is 10.1. The highest BCUT2D eigenvalue weighted by Crippen LogP contribution is 2.39. The Morgan fingerprint density at radius 3 is 2.88 bits per heavy atom. The van der Waals surface area contributed by atoms with Crippen molar-refractivity contribution in [1.82, 2.24) is 9.78 Å². The van der Waals surface area contributed by atoms with Crippen LogP contribution in [0.25, 0.3) is 0 Å². The van der Waals surface area contributed by atoms with Gasteiger partial charge in [0.15, 0.2) is 0 Å². The minimum atomic E-state index is -0.0464. The van der Waals surface area contributed by atoms with Crippen LogP contribution < -0.4 is 5.73 Å². The molecule has 2 N–H and O–H groups in total. The number of aromatic nitrogens is 2. The first kappa shape index (κ1) is 11.6. The highest BCUT2D eigenvalue weighted by Gasteiger charge is 2.37. The zero-order valence-electron chi connectivity index (χ0n) is 10.1. The second-order valence-corrected chi connectivity index (χ2v) is 4.36. The molecule has 0 radical (unpaired) electrons. The average molecular weight is 223 g/mol. The average Bonchev–Trinajstić information content (AvgIpc) is 3.01. The van der Waals surface area contributed by atoms with Crippen LogP contribution in [0.5, 0.6) is 0 Å². The van der Waals surface area contributed by atoms with Crippen molar-refractivity contribution >= 4 is 0 Å². The topological polar surface area (TPSA) is 53.1 Å². The number of nitrogens with two attached hydrogens (primary N) is 1. The van der Waals surface area contributed by atoms with Crippen molar-refractivity contribution in [2.75, 3.05) is 6.61 Å². The van der Waals surface area contributed by atoms with Crippen molar-refractivity contribution in [1.29, 1.82) is 0 Å². The summed E-state index contributed by atoms with van der Waals surface area (Å²) in [5.41, 5.74) is 7.39. The van der Waals surface area contributed by atoms with Gasteiger partial charge in [-0.05, 0) is 38.7 Å². The van der Waals surface area contributed by atoms with Crippen LogP contribution in [-0.2, 0) is 11.3 Å². The molecular formula is C12H21N3O. The fourth-order valence-electron chi connectivity index (χ4n) is 2.21. The Morgan fingerprint density at radius 1 is 1.56 bits per heavy atom. The molecule has 2 rings (SSSR count). The Bertz CT molecular complexity index is 333. The van der Waals surface area contributed by atoms with Gasteiger partial charge in [0, 0.05) is 19.3 Å². The predicted molar refractivity (Wildman–Crippen MR) is 63.0 cm³/mol. The molecule has 1 aromatic heterocycles. The molecule has 0 saturated heterocycles. The molecule has 0 aliphatic heterocycles. The Balaban J connectivity index is 2.11. The summed E-state index contributed by atoms with van der Waals surface area (Å²) in [4.78, 5) is 0. The van der Waals surface area contributed by atoms with Gasteiger partial charge in [-0.3, -0.25) is 4.68 Å². The molecule has 2 atom stereocenters. The summed E-state index contributed by atoms with van der Waals surface area (Å²) in [5, 5.41) is 4.26. The summed E-state index contributed by atoms with van der Waals surface area (Å²) in [6.07, 6.45) is 4.47. The molecule has 0 amide bonds. The van der Waals surface area contributed by atoms with E-state index in [9.17, 15) is 0 Å². The summed E-state index contributed by atoms with van der Waals surface area (Å²) in [6.45, 7) is 5.70. The quantitative estimate of drug-likeness (QED) is 0.799. The smallest absolute Gasteiger partial charge is 0.0810 e. The van der Waals surface area contributed by atoms with Gasteiger partial charge in [0.2, 0.25) is 0 Å². The molecule has 0 bridgehead atoms. The van der Waals surface area contributed by atoms with E-state index in [1.807, 2.05) is 23.9 Å². The van der Waals surface area contributed by atoms with Gasteiger partial charge in [0.05, 0.1) is 17.8 Å². The van der Waals surface area contributed by atoms with Crippen LogP contribution in [0.1, 0.15) is 38.4 Å². The van der Waals surface area contributed by atoms with Gasteiger partial charge in [0.25, 0.3) is 0 Å². The van der Waals surface area contributed by atoms with E-state index >= 15 is 0 Å². The van der Waals surface area contributed by atoms with E-state index < -0.39 is 0 Å². The Kier molecular flexibility index (Phi) is 3.61. The third-order valence-electron chi connectivity index (χ3n) is 3.19. The molecular weight excluding hydrogens is 202 g/mol. The van der Waals surface area contributed by atoms with E-state index in [0.29, 0.717) is 5.92 Å². The highest BCUT2D eigenvalue weighted by molar-refractivity contribution is 5.10. The van der Waals surface area contributed by atoms with Crippen molar-refractivity contribution in [3.63, 3.8) is 0 Å². The summed E-state index contributed by atoms with van der Waals surface area (Å²) in [5.74, 6) is 0.648. The lowest BCUT2D eigenvalue weighted by atomic mass is 10.0. The van der Waals surface area contributed by atoms with E-state index in [1.165, 1.54) is 12.8 Å². The molecule has 1 aliphatic carbocycles. The number of hydrogen-bond acceptors (Lipinski definition) is 3. The lowest BCUT2D eigenvalue weighted by molar-refractivity contribution is 0.0263. The third-order valence-corrected chi connectivity index (χ3v) is 3.19. The molecule has 2 unspecified atom stereocenters. The monoisotopic (exact) mass is 223 g/mol. The maximum Gasteiger partial charge on any atom is 0.0810 e. The summed E-state index contributed by atoms with van der Waals surface area (Å²) in [7, 11) is 0. The van der Waals surface area contributed by atoms with Crippen molar-refractivity contribution in [3.05, 3.63) is 18.0 Å². The molecule has 1 saturated carbocycles. The summed E-state index contributed by atoms with van der Waals surface area (Å²) in [6, 6.07) is 1.96. The minimum absolute atomic E-state index is 0.0464. The largest absolute Gasteiger partial charge is 0.376 e. The lowest BCUT2D eigenvalue weighted by Crippen LogP contribution is -2.32. The first-order chi connectivity index (χ1) is 7.77. The molecule has 16 heavy (non-hydrogen) atoms. The Hall–Kier alpha value is -0.870. The van der Waals surface area contributed by atoms with Gasteiger partial charge >= 0.3 is 0 Å². The molecule has 0 aromatic carbocycles. The normalized spacial score (nSPS) is 19.7. The molecule has 1 heterocycles. The first-order valence-corrected chi connectivity index (χ1v) is 6.16. The van der Waals surface area contributed by atoms with E-state index in [-0.39, 0.29) is 12.1 Å². The van der Waals surface area contributed by atoms with Crippen LogP contribution in [0, 0.1) is 5.92 Å². The van der Waals surface area contributed by atoms with Gasteiger partial charge < -0.3 is 10.5 Å². The standard InChI is InChI=1S/C12H21N3O/c1-3-15-10(7-8-14-15)11(13)12(16-4-2)9-5-6-9/h7-9,11-12H,3-6,13H2,1-2H3. The van der Waals surface area contributed by atoms with Gasteiger partial charge in [0.1, 0.15) is 0 Å². The van der Waals surface area contributed by atoms with E-state index in [0.717, 1.165) is 18.8 Å². The Labute approximate surface area is 96.8 Å². The lowest BCUT2D eigenvalue weighted by Gasteiger charge is -2.24. The second kappa shape index (κ2) is 4.97. The number of aryl methyl sites for hydroxylation is 1. The van der Waals surface area contributed by atoms with E-state index in [2.05, 4.69) is 12.0 Å². The molecule has 1 aliphatic rings. The van der Waals surface area contributed by atoms with Crippen molar-refractivity contribution in [3.8, 4) is 0 Å². The molecule has 0 spiro atoms. The highest BCUT2D eigenvalue weighted by atomic mass is 16.5. The number of ether oxygens (including phenoxy) is 1. The van der Waals surface area contributed by atoms with E-state index in [1.54, 1.807) is 0 Å². The molecule has 1 fully saturated rings. The van der Waals surface area contributed by atoms with Crippen LogP contribution >= 0.6 is 0 Å². The van der Waals surface area contributed by atoms with Gasteiger partial charge in [-0.2, -0.15) is 5.10 Å². The van der Waals surface area contributed by atoms with Crippen LogP contribution in [0.3, 0.4) is 0 Å². The number of hydrogen-bond donors (Lipinski definition) is 1. The van der Waals surface area contributed by atoms with Crippen LogP contribution in [-0.4, -0.2) is 22.5 Å². The maximum absolute atomic E-state index is 6.30.